The van der Waals surface area contributed by atoms with Crippen molar-refractivity contribution in [2.75, 3.05) is 0 Å². The molecule has 186 valence electrons. The van der Waals surface area contributed by atoms with Crippen LogP contribution < -0.4 is 5.46 Å². The zero-order valence-electron chi connectivity index (χ0n) is 21.4. The molecule has 4 rings (SSSR count). The Labute approximate surface area is 216 Å². The number of Topliss-reactive ketones (excluding diaryl/α,β-unsaturated/α-hetero) is 1. The van der Waals surface area contributed by atoms with E-state index in [1.807, 2.05) is 61.5 Å². The predicted octanol–water partition coefficient (Wildman–Crippen LogP) is 5.48. The first kappa shape index (κ1) is 26.1. The van der Waals surface area contributed by atoms with Crippen molar-refractivity contribution in [2.45, 2.75) is 71.5 Å². The fraction of sp³-hybridized carbons (Fsp3) is 0.423. The van der Waals surface area contributed by atoms with Crippen molar-refractivity contribution >= 4 is 55.2 Å². The van der Waals surface area contributed by atoms with Gasteiger partial charge in [-0.1, -0.05) is 44.5 Å². The molecule has 35 heavy (non-hydrogen) atoms. The van der Waals surface area contributed by atoms with Gasteiger partial charge in [0.1, 0.15) is 0 Å². The van der Waals surface area contributed by atoms with E-state index in [0.29, 0.717) is 26.4 Å². The maximum absolute atomic E-state index is 13.8. The Bertz CT molecular complexity index is 1420. The maximum atomic E-state index is 13.8. The van der Waals surface area contributed by atoms with Crippen molar-refractivity contribution in [3.8, 4) is 0 Å². The predicted molar refractivity (Wildman–Crippen MR) is 143 cm³/mol. The van der Waals surface area contributed by atoms with Crippen LogP contribution in [0.5, 0.6) is 0 Å². The highest BCUT2D eigenvalue weighted by Crippen LogP contribution is 2.39. The number of aromatic nitrogens is 1. The molecule has 0 amide bonds. The van der Waals surface area contributed by atoms with Crippen LogP contribution in [0.1, 0.15) is 64.4 Å². The van der Waals surface area contributed by atoms with Crippen LogP contribution in [0.2, 0.25) is 0 Å². The molecule has 0 spiro atoms. The molecule has 0 radical (unpaired) electrons. The standard InChI is InChI=1S/C26H31BBrNO5S/c1-16-9-11-17(12-10-16)35(31,32)29-15-18(23(30)24(2,3)4)21-19(13-14-20(28)22(21)29)27-33-25(5,6)26(7,8)34-27/h9-15H,1-8H3. The molecule has 0 unspecified atom stereocenters. The van der Waals surface area contributed by atoms with Gasteiger partial charge in [0, 0.05) is 27.0 Å². The summed E-state index contributed by atoms with van der Waals surface area (Å²) in [4.78, 5) is 13.8. The molecule has 2 aromatic carbocycles. The van der Waals surface area contributed by atoms with Gasteiger partial charge in [0.2, 0.25) is 0 Å². The number of hydrogen-bond donors (Lipinski definition) is 0. The Morgan fingerprint density at radius 1 is 0.971 bits per heavy atom. The van der Waals surface area contributed by atoms with Crippen LogP contribution in [0, 0.1) is 12.3 Å². The fourth-order valence-electron chi connectivity index (χ4n) is 4.08. The lowest BCUT2D eigenvalue weighted by Crippen LogP contribution is -2.41. The summed E-state index contributed by atoms with van der Waals surface area (Å²) in [6.07, 6.45) is 1.44. The van der Waals surface area contributed by atoms with E-state index in [-0.39, 0.29) is 10.7 Å². The van der Waals surface area contributed by atoms with E-state index in [9.17, 15) is 13.2 Å². The van der Waals surface area contributed by atoms with Gasteiger partial charge >= 0.3 is 7.12 Å². The monoisotopic (exact) mass is 559 g/mol. The van der Waals surface area contributed by atoms with Gasteiger partial charge in [-0.3, -0.25) is 4.79 Å². The SMILES string of the molecule is Cc1ccc(S(=O)(=O)n2cc(C(=O)C(C)(C)C)c3c(B4OC(C)(C)C(C)(C)O4)ccc(Br)c32)cc1. The molecule has 9 heteroatoms. The Kier molecular flexibility index (Phi) is 6.20. The molecule has 0 N–H and O–H groups in total. The number of rotatable bonds is 4. The van der Waals surface area contributed by atoms with Crippen LogP contribution in [0.4, 0.5) is 0 Å². The zero-order chi connectivity index (χ0) is 26.1. The van der Waals surface area contributed by atoms with Crippen LogP contribution in [0.25, 0.3) is 10.9 Å². The van der Waals surface area contributed by atoms with E-state index >= 15 is 0 Å². The maximum Gasteiger partial charge on any atom is 0.495 e. The summed E-state index contributed by atoms with van der Waals surface area (Å²) in [5.41, 5.74) is 0.340. The van der Waals surface area contributed by atoms with Crippen molar-refractivity contribution in [3.05, 3.63) is 58.2 Å². The molecule has 0 saturated carbocycles. The number of benzene rings is 2. The van der Waals surface area contributed by atoms with E-state index in [0.717, 1.165) is 5.56 Å². The van der Waals surface area contributed by atoms with Gasteiger partial charge < -0.3 is 9.31 Å². The van der Waals surface area contributed by atoms with Crippen molar-refractivity contribution in [3.63, 3.8) is 0 Å². The lowest BCUT2D eigenvalue weighted by atomic mass is 9.75. The molecule has 2 heterocycles. The average molecular weight is 560 g/mol. The first-order chi connectivity index (χ1) is 16.0. The molecular weight excluding hydrogens is 529 g/mol. The minimum absolute atomic E-state index is 0.141. The van der Waals surface area contributed by atoms with Gasteiger partial charge in [0.05, 0.1) is 21.6 Å². The van der Waals surface area contributed by atoms with E-state index in [2.05, 4.69) is 15.9 Å². The summed E-state index contributed by atoms with van der Waals surface area (Å²) in [5.74, 6) is -0.170. The highest BCUT2D eigenvalue weighted by Gasteiger charge is 2.52. The number of ketones is 1. The van der Waals surface area contributed by atoms with Crippen molar-refractivity contribution < 1.29 is 22.5 Å². The number of halogens is 1. The summed E-state index contributed by atoms with van der Waals surface area (Å²) >= 11 is 3.55. The average Bonchev–Trinajstić information content (AvgIpc) is 3.23. The molecule has 0 bridgehead atoms. The van der Waals surface area contributed by atoms with Gasteiger partial charge in [-0.15, -0.1) is 0 Å². The van der Waals surface area contributed by atoms with Crippen LogP contribution in [0.15, 0.2) is 52.0 Å². The van der Waals surface area contributed by atoms with E-state index in [1.165, 1.54) is 10.2 Å². The fourth-order valence-corrected chi connectivity index (χ4v) is 6.10. The smallest absolute Gasteiger partial charge is 0.399 e. The van der Waals surface area contributed by atoms with Gasteiger partial charge in [0.25, 0.3) is 10.0 Å². The highest BCUT2D eigenvalue weighted by atomic mass is 79.9. The minimum Gasteiger partial charge on any atom is -0.399 e. The molecular formula is C26H31BBrNO5S. The van der Waals surface area contributed by atoms with E-state index in [4.69, 9.17) is 9.31 Å². The molecule has 1 aliphatic rings. The number of aryl methyl sites for hydroxylation is 1. The summed E-state index contributed by atoms with van der Waals surface area (Å²) < 4.78 is 42.0. The zero-order valence-corrected chi connectivity index (χ0v) is 23.8. The summed E-state index contributed by atoms with van der Waals surface area (Å²) in [5, 5.41) is 0.508. The number of nitrogens with zero attached hydrogens (tertiary/aromatic N) is 1. The third-order valence-electron chi connectivity index (χ3n) is 6.91. The van der Waals surface area contributed by atoms with Gasteiger partial charge in [-0.2, -0.15) is 0 Å². The number of hydrogen-bond acceptors (Lipinski definition) is 5. The first-order valence-corrected chi connectivity index (χ1v) is 13.8. The second-order valence-electron chi connectivity index (χ2n) is 11.2. The van der Waals surface area contributed by atoms with Crippen LogP contribution in [-0.4, -0.2) is 36.5 Å². The van der Waals surface area contributed by atoms with Gasteiger partial charge in [0.15, 0.2) is 5.78 Å². The second-order valence-corrected chi connectivity index (χ2v) is 13.9. The van der Waals surface area contributed by atoms with Crippen LogP contribution >= 0.6 is 15.9 Å². The van der Waals surface area contributed by atoms with Gasteiger partial charge in [-0.25, -0.2) is 12.4 Å². The van der Waals surface area contributed by atoms with Gasteiger partial charge in [-0.05, 0) is 74.2 Å². The Morgan fingerprint density at radius 2 is 1.51 bits per heavy atom. The summed E-state index contributed by atoms with van der Waals surface area (Å²) in [6, 6.07) is 10.3. The molecule has 0 aliphatic carbocycles. The summed E-state index contributed by atoms with van der Waals surface area (Å²) in [7, 11) is -4.76. The van der Waals surface area contributed by atoms with E-state index < -0.39 is 33.8 Å². The quantitative estimate of drug-likeness (QED) is 0.312. The van der Waals surface area contributed by atoms with E-state index in [1.54, 1.807) is 30.3 Å². The Balaban J connectivity index is 2.05. The molecule has 6 nitrogen and oxygen atoms in total. The lowest BCUT2D eigenvalue weighted by molar-refractivity contribution is 0.00578. The third-order valence-corrected chi connectivity index (χ3v) is 9.22. The molecule has 1 aliphatic heterocycles. The van der Waals surface area contributed by atoms with Crippen molar-refractivity contribution in [1.82, 2.24) is 3.97 Å². The normalized spacial score (nSPS) is 17.8. The molecule has 0 atom stereocenters. The molecule has 3 aromatic rings. The largest absolute Gasteiger partial charge is 0.495 e. The van der Waals surface area contributed by atoms with Crippen molar-refractivity contribution in [2.24, 2.45) is 5.41 Å². The highest BCUT2D eigenvalue weighted by molar-refractivity contribution is 9.10. The second kappa shape index (κ2) is 8.30. The molecule has 1 fully saturated rings. The molecule has 1 aromatic heterocycles. The summed E-state index contributed by atoms with van der Waals surface area (Å²) in [6.45, 7) is 15.2. The Morgan fingerprint density at radius 3 is 2.03 bits per heavy atom. The first-order valence-electron chi connectivity index (χ1n) is 11.5. The molecule has 1 saturated heterocycles. The Hall–Kier alpha value is -1.94. The number of carbonyl (C=O) groups excluding carboxylic acids is 1. The van der Waals surface area contributed by atoms with Crippen LogP contribution in [0.3, 0.4) is 0 Å². The minimum atomic E-state index is -4.00. The number of carbonyl (C=O) groups is 1. The lowest BCUT2D eigenvalue weighted by Gasteiger charge is -2.32. The topological polar surface area (TPSA) is 74.6 Å². The van der Waals surface area contributed by atoms with Crippen LogP contribution in [-0.2, 0) is 19.3 Å². The van der Waals surface area contributed by atoms with Crippen molar-refractivity contribution in [1.29, 1.82) is 0 Å². The number of fused-ring (bicyclic) bond motifs is 1. The third kappa shape index (κ3) is 4.30.